The van der Waals surface area contributed by atoms with E-state index in [9.17, 15) is 19.7 Å². The molecule has 2 heterocycles. The molecule has 0 aliphatic carbocycles. The molecule has 2 fully saturated rings. The average Bonchev–Trinajstić information content (AvgIpc) is 3.03. The number of nitro benzene ring substituents is 1. The van der Waals surface area contributed by atoms with E-state index in [1.807, 2.05) is 25.7 Å². The van der Waals surface area contributed by atoms with E-state index in [0.29, 0.717) is 39.1 Å². The van der Waals surface area contributed by atoms with Crippen LogP contribution in [0.2, 0.25) is 0 Å². The lowest BCUT2D eigenvalue weighted by Gasteiger charge is -2.37. The number of hydrogen-bond donors (Lipinski definition) is 0. The van der Waals surface area contributed by atoms with E-state index in [4.69, 9.17) is 0 Å². The molecule has 8 heteroatoms. The molecule has 0 aromatic heterocycles. The van der Waals surface area contributed by atoms with Gasteiger partial charge in [0.05, 0.1) is 10.8 Å². The Morgan fingerprint density at radius 2 is 1.70 bits per heavy atom. The highest BCUT2D eigenvalue weighted by Crippen LogP contribution is 2.28. The highest BCUT2D eigenvalue weighted by Gasteiger charge is 2.41. The molecule has 2 aliphatic heterocycles. The fourth-order valence-electron chi connectivity index (χ4n) is 3.75. The van der Waals surface area contributed by atoms with E-state index in [2.05, 4.69) is 4.90 Å². The topological polar surface area (TPSA) is 87.0 Å². The fraction of sp³-hybridized carbons (Fsp3) is 0.579. The summed E-state index contributed by atoms with van der Waals surface area (Å²) in [6, 6.07) is 6.48. The van der Waals surface area contributed by atoms with E-state index in [0.717, 1.165) is 5.69 Å². The van der Waals surface area contributed by atoms with Gasteiger partial charge in [0.15, 0.2) is 0 Å². The van der Waals surface area contributed by atoms with Crippen molar-refractivity contribution in [1.29, 1.82) is 0 Å². The lowest BCUT2D eigenvalue weighted by molar-refractivity contribution is -0.384. The molecule has 0 saturated carbocycles. The molecule has 1 aromatic rings. The van der Waals surface area contributed by atoms with Gasteiger partial charge in [-0.15, -0.1) is 0 Å². The normalized spacial score (nSPS) is 20.9. The minimum Gasteiger partial charge on any atom is -0.368 e. The number of nitrogens with zero attached hydrogens (tertiary/aromatic N) is 4. The largest absolute Gasteiger partial charge is 0.368 e. The summed E-state index contributed by atoms with van der Waals surface area (Å²) in [4.78, 5) is 41.2. The molecule has 1 unspecified atom stereocenters. The highest BCUT2D eigenvalue weighted by molar-refractivity contribution is 5.89. The van der Waals surface area contributed by atoms with Crippen molar-refractivity contribution in [1.82, 2.24) is 9.80 Å². The average molecular weight is 374 g/mol. The Kier molecular flexibility index (Phi) is 5.08. The lowest BCUT2D eigenvalue weighted by atomic mass is 10.1. The van der Waals surface area contributed by atoms with Crippen LogP contribution in [0.1, 0.15) is 27.2 Å². The van der Waals surface area contributed by atoms with Gasteiger partial charge < -0.3 is 14.7 Å². The summed E-state index contributed by atoms with van der Waals surface area (Å²) in [7, 11) is 0. The zero-order valence-corrected chi connectivity index (χ0v) is 16.1. The quantitative estimate of drug-likeness (QED) is 0.596. The van der Waals surface area contributed by atoms with Crippen LogP contribution in [0.15, 0.2) is 24.3 Å². The molecule has 1 aromatic carbocycles. The van der Waals surface area contributed by atoms with Gasteiger partial charge in [0.25, 0.3) is 5.69 Å². The Morgan fingerprint density at radius 1 is 1.11 bits per heavy atom. The number of piperazine rings is 1. The van der Waals surface area contributed by atoms with Gasteiger partial charge in [-0.25, -0.2) is 0 Å². The summed E-state index contributed by atoms with van der Waals surface area (Å²) in [5.74, 6) is -0.161. The second-order valence-corrected chi connectivity index (χ2v) is 8.16. The van der Waals surface area contributed by atoms with E-state index in [1.165, 1.54) is 12.1 Å². The Morgan fingerprint density at radius 3 is 2.19 bits per heavy atom. The van der Waals surface area contributed by atoms with Crippen LogP contribution in [0.5, 0.6) is 0 Å². The van der Waals surface area contributed by atoms with Gasteiger partial charge in [0, 0.05) is 62.5 Å². The monoisotopic (exact) mass is 374 g/mol. The molecule has 2 amide bonds. The predicted octanol–water partition coefficient (Wildman–Crippen LogP) is 1.89. The van der Waals surface area contributed by atoms with E-state index in [-0.39, 0.29) is 29.0 Å². The van der Waals surface area contributed by atoms with Crippen LogP contribution in [0.3, 0.4) is 0 Å². The molecule has 1 atom stereocenters. The molecule has 3 rings (SSSR count). The first-order chi connectivity index (χ1) is 12.7. The van der Waals surface area contributed by atoms with Crippen LogP contribution in [0.25, 0.3) is 0 Å². The standard InChI is InChI=1S/C19H26N4O4/c1-19(2,3)22-13-14(12-17(22)24)18(25)21-10-8-20(9-11-21)15-4-6-16(7-5-15)23(26)27/h4-7,14H,8-13H2,1-3H3. The molecule has 2 saturated heterocycles. The Bertz CT molecular complexity index is 733. The van der Waals surface area contributed by atoms with Gasteiger partial charge in [0.1, 0.15) is 0 Å². The van der Waals surface area contributed by atoms with Crippen LogP contribution in [0.4, 0.5) is 11.4 Å². The first kappa shape index (κ1) is 19.1. The maximum Gasteiger partial charge on any atom is 0.269 e. The van der Waals surface area contributed by atoms with Gasteiger partial charge in [-0.1, -0.05) is 0 Å². The SMILES string of the molecule is CC(C)(C)N1CC(C(=O)N2CCN(c3ccc([N+](=O)[O-])cc3)CC2)CC1=O. The van der Waals surface area contributed by atoms with Gasteiger partial charge >= 0.3 is 0 Å². The number of carbonyl (C=O) groups is 2. The second-order valence-electron chi connectivity index (χ2n) is 8.16. The van der Waals surface area contributed by atoms with Gasteiger partial charge in [-0.2, -0.15) is 0 Å². The van der Waals surface area contributed by atoms with Gasteiger partial charge in [0.2, 0.25) is 11.8 Å². The van der Waals surface area contributed by atoms with Crippen molar-refractivity contribution >= 4 is 23.2 Å². The molecule has 2 aliphatic rings. The Labute approximate surface area is 158 Å². The highest BCUT2D eigenvalue weighted by atomic mass is 16.6. The maximum atomic E-state index is 12.8. The molecular weight excluding hydrogens is 348 g/mol. The molecule has 0 bridgehead atoms. The van der Waals surface area contributed by atoms with Gasteiger partial charge in [-0.05, 0) is 32.9 Å². The maximum absolute atomic E-state index is 12.8. The Hall–Kier alpha value is -2.64. The summed E-state index contributed by atoms with van der Waals surface area (Å²) in [5.41, 5.74) is 0.727. The van der Waals surface area contributed by atoms with Crippen molar-refractivity contribution in [2.75, 3.05) is 37.6 Å². The van der Waals surface area contributed by atoms with Crippen molar-refractivity contribution in [2.45, 2.75) is 32.7 Å². The van der Waals surface area contributed by atoms with Crippen LogP contribution < -0.4 is 4.90 Å². The minimum atomic E-state index is -0.413. The summed E-state index contributed by atoms with van der Waals surface area (Å²) in [5, 5.41) is 10.8. The van der Waals surface area contributed by atoms with Crippen molar-refractivity contribution < 1.29 is 14.5 Å². The molecule has 0 N–H and O–H groups in total. The molecule has 27 heavy (non-hydrogen) atoms. The number of anilines is 1. The van der Waals surface area contributed by atoms with Crippen LogP contribution >= 0.6 is 0 Å². The summed E-state index contributed by atoms with van der Waals surface area (Å²) in [6.07, 6.45) is 0.290. The third-order valence-corrected chi connectivity index (χ3v) is 5.30. The van der Waals surface area contributed by atoms with E-state index >= 15 is 0 Å². The Balaban J connectivity index is 1.57. The number of amides is 2. The predicted molar refractivity (Wildman–Crippen MR) is 101 cm³/mol. The molecular formula is C19H26N4O4. The zero-order valence-electron chi connectivity index (χ0n) is 16.1. The number of nitro groups is 1. The van der Waals surface area contributed by atoms with Crippen LogP contribution in [-0.2, 0) is 9.59 Å². The minimum absolute atomic E-state index is 0.0466. The second kappa shape index (κ2) is 7.17. The van der Waals surface area contributed by atoms with Crippen LogP contribution in [-0.4, -0.2) is 64.8 Å². The van der Waals surface area contributed by atoms with Crippen molar-refractivity contribution in [3.05, 3.63) is 34.4 Å². The van der Waals surface area contributed by atoms with Gasteiger partial charge in [-0.3, -0.25) is 19.7 Å². The number of likely N-dealkylation sites (tertiary alicyclic amines) is 1. The van der Waals surface area contributed by atoms with E-state index in [1.54, 1.807) is 17.0 Å². The molecule has 146 valence electrons. The first-order valence-electron chi connectivity index (χ1n) is 9.25. The van der Waals surface area contributed by atoms with Crippen LogP contribution in [0, 0.1) is 16.0 Å². The van der Waals surface area contributed by atoms with E-state index < -0.39 is 4.92 Å². The number of rotatable bonds is 3. The van der Waals surface area contributed by atoms with Crippen molar-refractivity contribution in [2.24, 2.45) is 5.92 Å². The third-order valence-electron chi connectivity index (χ3n) is 5.30. The zero-order chi connectivity index (χ0) is 19.8. The molecule has 0 spiro atoms. The van der Waals surface area contributed by atoms with Crippen molar-refractivity contribution in [3.8, 4) is 0 Å². The molecule has 8 nitrogen and oxygen atoms in total. The number of hydrogen-bond acceptors (Lipinski definition) is 5. The van der Waals surface area contributed by atoms with Crippen molar-refractivity contribution in [3.63, 3.8) is 0 Å². The smallest absolute Gasteiger partial charge is 0.269 e. The summed E-state index contributed by atoms with van der Waals surface area (Å²) < 4.78 is 0. The lowest BCUT2D eigenvalue weighted by Crippen LogP contribution is -2.51. The number of benzene rings is 1. The fourth-order valence-corrected chi connectivity index (χ4v) is 3.75. The summed E-state index contributed by atoms with van der Waals surface area (Å²) >= 11 is 0. The number of carbonyl (C=O) groups excluding carboxylic acids is 2. The molecule has 0 radical (unpaired) electrons. The summed E-state index contributed by atoms with van der Waals surface area (Å²) in [6.45, 7) is 8.98. The number of non-ortho nitro benzene ring substituents is 1. The third kappa shape index (κ3) is 4.04. The first-order valence-corrected chi connectivity index (χ1v) is 9.25.